The monoisotopic (exact) mass is 412 g/mol. The summed E-state index contributed by atoms with van der Waals surface area (Å²) < 4.78 is 8.35. The molecule has 6 heteroatoms. The van der Waals surface area contributed by atoms with E-state index in [1.165, 1.54) is 0 Å². The van der Waals surface area contributed by atoms with Crippen molar-refractivity contribution >= 4 is 53.6 Å². The van der Waals surface area contributed by atoms with E-state index in [0.29, 0.717) is 13.0 Å². The Kier molecular flexibility index (Phi) is 5.78. The molecule has 0 atom stereocenters. The van der Waals surface area contributed by atoms with Crippen molar-refractivity contribution < 1.29 is 4.74 Å². The average molecular weight is 415 g/mol. The van der Waals surface area contributed by atoms with Crippen molar-refractivity contribution in [3.05, 3.63) is 25.6 Å². The van der Waals surface area contributed by atoms with Gasteiger partial charge in [0.15, 0.2) is 0 Å². The maximum Gasteiger partial charge on any atom is 0.147 e. The van der Waals surface area contributed by atoms with E-state index in [1.807, 2.05) is 12.1 Å². The number of rotatable bonds is 5. The predicted molar refractivity (Wildman–Crippen MR) is 76.2 cm³/mol. The summed E-state index contributed by atoms with van der Waals surface area (Å²) in [5.41, 5.74) is 5.25. The van der Waals surface area contributed by atoms with Crippen LogP contribution in [0.15, 0.2) is 25.6 Å². The Hall–Kier alpha value is -0.0700. The Morgan fingerprint density at radius 3 is 2.31 bits per heavy atom. The number of halogens is 3. The molecule has 0 unspecified atom stereocenters. The third kappa shape index (κ3) is 4.43. The van der Waals surface area contributed by atoms with Crippen LogP contribution in [0.5, 0.6) is 5.75 Å². The second kappa shape index (κ2) is 6.61. The first-order chi connectivity index (χ1) is 7.50. The molecule has 0 heterocycles. The van der Waals surface area contributed by atoms with Gasteiger partial charge in [-0.3, -0.25) is 5.41 Å². The number of ether oxygens (including phenoxy) is 1. The highest BCUT2D eigenvalue weighted by molar-refractivity contribution is 9.11. The first-order valence-electron chi connectivity index (χ1n) is 4.61. The summed E-state index contributed by atoms with van der Waals surface area (Å²) in [7, 11) is 0. The molecule has 1 aromatic rings. The van der Waals surface area contributed by atoms with Gasteiger partial charge in [0.25, 0.3) is 0 Å². The third-order valence-corrected chi connectivity index (χ3v) is 3.44. The van der Waals surface area contributed by atoms with Crippen LogP contribution in [0.1, 0.15) is 12.8 Å². The van der Waals surface area contributed by atoms with Crippen molar-refractivity contribution in [2.45, 2.75) is 12.8 Å². The maximum atomic E-state index is 7.09. The Bertz CT molecular complexity index is 373. The molecule has 0 bridgehead atoms. The predicted octanol–water partition coefficient (Wildman–Crippen LogP) is 4.07. The molecule has 1 aromatic carbocycles. The van der Waals surface area contributed by atoms with Crippen molar-refractivity contribution in [2.24, 2.45) is 5.73 Å². The highest BCUT2D eigenvalue weighted by Crippen LogP contribution is 2.36. The fourth-order valence-corrected chi connectivity index (χ4v) is 3.59. The second-order valence-corrected chi connectivity index (χ2v) is 5.80. The SMILES string of the molecule is N=C(N)CCCOc1c(Br)cc(Br)cc1Br. The van der Waals surface area contributed by atoms with E-state index in [9.17, 15) is 0 Å². The highest BCUT2D eigenvalue weighted by Gasteiger charge is 2.07. The highest BCUT2D eigenvalue weighted by atomic mass is 79.9. The van der Waals surface area contributed by atoms with Crippen LogP contribution < -0.4 is 10.5 Å². The van der Waals surface area contributed by atoms with E-state index in [1.54, 1.807) is 0 Å². The van der Waals surface area contributed by atoms with Gasteiger partial charge in [-0.25, -0.2) is 0 Å². The molecule has 0 fully saturated rings. The lowest BCUT2D eigenvalue weighted by molar-refractivity contribution is 0.309. The van der Waals surface area contributed by atoms with Crippen LogP contribution in [0.25, 0.3) is 0 Å². The van der Waals surface area contributed by atoms with Crippen molar-refractivity contribution in [3.8, 4) is 5.75 Å². The molecule has 0 saturated carbocycles. The van der Waals surface area contributed by atoms with Gasteiger partial charge in [0.1, 0.15) is 5.75 Å². The third-order valence-electron chi connectivity index (χ3n) is 1.80. The van der Waals surface area contributed by atoms with Crippen LogP contribution in [-0.2, 0) is 0 Å². The van der Waals surface area contributed by atoms with Crippen LogP contribution in [0.3, 0.4) is 0 Å². The van der Waals surface area contributed by atoms with Gasteiger partial charge in [-0.05, 0) is 50.4 Å². The molecule has 16 heavy (non-hydrogen) atoms. The minimum Gasteiger partial charge on any atom is -0.491 e. The van der Waals surface area contributed by atoms with E-state index in [4.69, 9.17) is 15.9 Å². The van der Waals surface area contributed by atoms with Gasteiger partial charge in [0, 0.05) is 10.9 Å². The standard InChI is InChI=1S/C10H11Br3N2O/c11-6-4-7(12)10(8(13)5-6)16-3-1-2-9(14)15/h4-5H,1-3H2,(H3,14,15). The molecular formula is C10H11Br3N2O. The lowest BCUT2D eigenvalue weighted by Gasteiger charge is -2.10. The van der Waals surface area contributed by atoms with Gasteiger partial charge in [-0.1, -0.05) is 15.9 Å². The van der Waals surface area contributed by atoms with Gasteiger partial charge in [-0.15, -0.1) is 0 Å². The van der Waals surface area contributed by atoms with Crippen LogP contribution >= 0.6 is 47.8 Å². The molecule has 0 aliphatic carbocycles. The summed E-state index contributed by atoms with van der Waals surface area (Å²) in [4.78, 5) is 0. The normalized spacial score (nSPS) is 10.2. The summed E-state index contributed by atoms with van der Waals surface area (Å²) in [5.74, 6) is 0.962. The summed E-state index contributed by atoms with van der Waals surface area (Å²) in [6.07, 6.45) is 1.30. The molecule has 0 saturated heterocycles. The lowest BCUT2D eigenvalue weighted by atomic mass is 10.3. The Labute approximate surface area is 120 Å². The number of nitrogens with two attached hydrogens (primary N) is 1. The van der Waals surface area contributed by atoms with Crippen LogP contribution in [-0.4, -0.2) is 12.4 Å². The van der Waals surface area contributed by atoms with Crippen LogP contribution in [0, 0.1) is 5.41 Å². The van der Waals surface area contributed by atoms with E-state index in [2.05, 4.69) is 47.8 Å². The number of amidine groups is 1. The van der Waals surface area contributed by atoms with E-state index < -0.39 is 0 Å². The molecule has 0 aliphatic rings. The van der Waals surface area contributed by atoms with Crippen molar-refractivity contribution in [1.82, 2.24) is 0 Å². The second-order valence-electron chi connectivity index (χ2n) is 3.18. The van der Waals surface area contributed by atoms with E-state index >= 15 is 0 Å². The zero-order valence-electron chi connectivity index (χ0n) is 8.40. The smallest absolute Gasteiger partial charge is 0.147 e. The van der Waals surface area contributed by atoms with Crippen molar-refractivity contribution in [3.63, 3.8) is 0 Å². The molecular weight excluding hydrogens is 404 g/mol. The summed E-state index contributed by atoms with van der Waals surface area (Å²) in [6, 6.07) is 3.84. The number of hydrogen-bond donors (Lipinski definition) is 2. The molecule has 3 N–H and O–H groups in total. The van der Waals surface area contributed by atoms with Crippen LogP contribution in [0.2, 0.25) is 0 Å². The Morgan fingerprint density at radius 1 is 1.25 bits per heavy atom. The molecule has 3 nitrogen and oxygen atoms in total. The number of benzene rings is 1. The van der Waals surface area contributed by atoms with Gasteiger partial charge in [0.2, 0.25) is 0 Å². The molecule has 88 valence electrons. The Balaban J connectivity index is 2.57. The lowest BCUT2D eigenvalue weighted by Crippen LogP contribution is -2.11. The largest absolute Gasteiger partial charge is 0.491 e. The summed E-state index contributed by atoms with van der Waals surface area (Å²) >= 11 is 10.2. The fraction of sp³-hybridized carbons (Fsp3) is 0.300. The number of hydrogen-bond acceptors (Lipinski definition) is 2. The average Bonchev–Trinajstić information content (AvgIpc) is 2.14. The molecule has 0 spiro atoms. The summed E-state index contributed by atoms with van der Waals surface area (Å²) in [5, 5.41) is 7.09. The quantitative estimate of drug-likeness (QED) is 0.433. The fourth-order valence-electron chi connectivity index (χ4n) is 1.10. The molecule has 0 aliphatic heterocycles. The number of nitrogens with one attached hydrogen (secondary N) is 1. The zero-order valence-corrected chi connectivity index (χ0v) is 13.2. The van der Waals surface area contributed by atoms with E-state index in [-0.39, 0.29) is 5.84 Å². The molecule has 1 rings (SSSR count). The van der Waals surface area contributed by atoms with Gasteiger partial charge in [0.05, 0.1) is 21.4 Å². The molecule has 0 aromatic heterocycles. The molecule has 0 radical (unpaired) electrons. The molecule has 0 amide bonds. The van der Waals surface area contributed by atoms with Crippen LogP contribution in [0.4, 0.5) is 0 Å². The first kappa shape index (κ1) is 14.0. The minimum absolute atomic E-state index is 0.192. The van der Waals surface area contributed by atoms with Crippen molar-refractivity contribution in [1.29, 1.82) is 5.41 Å². The summed E-state index contributed by atoms with van der Waals surface area (Å²) in [6.45, 7) is 0.540. The Morgan fingerprint density at radius 2 is 1.81 bits per heavy atom. The van der Waals surface area contributed by atoms with E-state index in [0.717, 1.165) is 25.6 Å². The maximum absolute atomic E-state index is 7.09. The van der Waals surface area contributed by atoms with Gasteiger partial charge in [-0.2, -0.15) is 0 Å². The van der Waals surface area contributed by atoms with Gasteiger partial charge >= 0.3 is 0 Å². The van der Waals surface area contributed by atoms with Gasteiger partial charge < -0.3 is 10.5 Å². The van der Waals surface area contributed by atoms with Crippen molar-refractivity contribution in [2.75, 3.05) is 6.61 Å². The zero-order chi connectivity index (χ0) is 12.1. The first-order valence-corrected chi connectivity index (χ1v) is 6.99. The minimum atomic E-state index is 0.192. The topological polar surface area (TPSA) is 59.1 Å².